The average Bonchev–Trinajstić information content (AvgIpc) is 2.53. The van der Waals surface area contributed by atoms with Crippen LogP contribution in [0.5, 0.6) is 0 Å². The highest BCUT2D eigenvalue weighted by atomic mass is 32.2. The highest BCUT2D eigenvalue weighted by Gasteiger charge is 2.06. The van der Waals surface area contributed by atoms with E-state index in [1.165, 1.54) is 16.7 Å². The second-order valence-electron chi connectivity index (χ2n) is 4.53. The Bertz CT molecular complexity index is 597. The predicted octanol–water partition coefficient (Wildman–Crippen LogP) is 5.50. The van der Waals surface area contributed by atoms with Crippen LogP contribution in [0.25, 0.3) is 6.08 Å². The van der Waals surface area contributed by atoms with Gasteiger partial charge in [-0.1, -0.05) is 80.3 Å². The molecule has 0 amide bonds. The van der Waals surface area contributed by atoms with Crippen LogP contribution in [0.15, 0.2) is 55.1 Å². The van der Waals surface area contributed by atoms with Gasteiger partial charge in [-0.2, -0.15) is 0 Å². The first-order chi connectivity index (χ1) is 9.74. The first kappa shape index (κ1) is 15.0. The van der Waals surface area contributed by atoms with Gasteiger partial charge in [-0.3, -0.25) is 0 Å². The molecular formula is C18H18S2. The summed E-state index contributed by atoms with van der Waals surface area (Å²) in [6.07, 6.45) is 2.88. The summed E-state index contributed by atoms with van der Waals surface area (Å²) in [5, 5.41) is 0. The van der Waals surface area contributed by atoms with E-state index in [0.29, 0.717) is 0 Å². The summed E-state index contributed by atoms with van der Waals surface area (Å²) in [5.41, 5.74) is 4.97. The lowest BCUT2D eigenvalue weighted by molar-refractivity contribution is 1.14. The van der Waals surface area contributed by atoms with Crippen LogP contribution in [0.1, 0.15) is 29.2 Å². The van der Waals surface area contributed by atoms with Crippen LogP contribution in [0, 0.1) is 0 Å². The van der Waals surface area contributed by atoms with E-state index in [1.807, 2.05) is 6.08 Å². The van der Waals surface area contributed by atoms with Gasteiger partial charge in [0.05, 0.1) is 4.20 Å². The van der Waals surface area contributed by atoms with Gasteiger partial charge in [-0.05, 0) is 23.1 Å². The number of rotatable bonds is 5. The molecule has 0 aliphatic carbocycles. The average molecular weight is 298 g/mol. The molecule has 0 N–H and O–H groups in total. The van der Waals surface area contributed by atoms with Gasteiger partial charge in [-0.15, -0.1) is 11.8 Å². The zero-order chi connectivity index (χ0) is 14.4. The Labute approximate surface area is 130 Å². The van der Waals surface area contributed by atoms with Crippen molar-refractivity contribution >= 4 is 34.3 Å². The largest absolute Gasteiger partial charge is 0.109 e. The van der Waals surface area contributed by atoms with E-state index in [-0.39, 0.29) is 0 Å². The van der Waals surface area contributed by atoms with Crippen molar-refractivity contribution in [1.29, 1.82) is 0 Å². The molecule has 0 aromatic heterocycles. The molecule has 0 radical (unpaired) electrons. The third-order valence-corrected chi connectivity index (χ3v) is 4.74. The number of hydrogen-bond acceptors (Lipinski definition) is 2. The molecule has 0 fully saturated rings. The zero-order valence-corrected chi connectivity index (χ0v) is 13.3. The van der Waals surface area contributed by atoms with Crippen LogP contribution < -0.4 is 0 Å². The van der Waals surface area contributed by atoms with Crippen LogP contribution in [-0.4, -0.2) is 4.20 Å². The maximum atomic E-state index is 5.57. The quantitative estimate of drug-likeness (QED) is 0.668. The minimum absolute atomic E-state index is 0.911. The first-order valence-corrected chi connectivity index (χ1v) is 8.10. The van der Waals surface area contributed by atoms with E-state index in [1.54, 1.807) is 11.8 Å². The number of hydrogen-bond donors (Lipinski definition) is 0. The Balaban J connectivity index is 2.02. The molecule has 0 unspecified atom stereocenters. The summed E-state index contributed by atoms with van der Waals surface area (Å²) in [4.78, 5) is 0. The summed E-state index contributed by atoms with van der Waals surface area (Å²) in [6, 6.07) is 16.9. The molecule has 0 spiro atoms. The normalized spacial score (nSPS) is 10.2. The van der Waals surface area contributed by atoms with E-state index < -0.39 is 0 Å². The number of thioether (sulfide) groups is 1. The maximum absolute atomic E-state index is 5.57. The molecule has 2 heteroatoms. The molecule has 0 saturated carbocycles. The van der Waals surface area contributed by atoms with E-state index in [2.05, 4.69) is 62.0 Å². The van der Waals surface area contributed by atoms with Gasteiger partial charge in [0.15, 0.2) is 0 Å². The molecule has 20 heavy (non-hydrogen) atoms. The van der Waals surface area contributed by atoms with Crippen LogP contribution in [0.4, 0.5) is 0 Å². The van der Waals surface area contributed by atoms with Crippen molar-refractivity contribution in [3.63, 3.8) is 0 Å². The predicted molar refractivity (Wildman–Crippen MR) is 95.3 cm³/mol. The molecule has 102 valence electrons. The molecule has 0 bridgehead atoms. The number of thiocarbonyl (C=S) groups is 1. The summed E-state index contributed by atoms with van der Waals surface area (Å²) >= 11 is 7.30. The highest BCUT2D eigenvalue weighted by Crippen LogP contribution is 2.22. The van der Waals surface area contributed by atoms with E-state index >= 15 is 0 Å². The van der Waals surface area contributed by atoms with Crippen molar-refractivity contribution < 1.29 is 0 Å². The molecule has 2 aromatic rings. The fraction of sp³-hybridized carbons (Fsp3) is 0.167. The fourth-order valence-corrected chi connectivity index (χ4v) is 3.23. The Hall–Kier alpha value is -1.38. The lowest BCUT2D eigenvalue weighted by Crippen LogP contribution is -1.98. The van der Waals surface area contributed by atoms with Crippen molar-refractivity contribution in [1.82, 2.24) is 0 Å². The van der Waals surface area contributed by atoms with Gasteiger partial charge in [0.2, 0.25) is 0 Å². The highest BCUT2D eigenvalue weighted by molar-refractivity contribution is 8.23. The molecule has 0 atom stereocenters. The molecule has 0 aliphatic heterocycles. The second kappa shape index (κ2) is 7.41. The van der Waals surface area contributed by atoms with Gasteiger partial charge in [0, 0.05) is 11.3 Å². The van der Waals surface area contributed by atoms with Crippen LogP contribution >= 0.6 is 24.0 Å². The number of benzene rings is 2. The lowest BCUT2D eigenvalue weighted by atomic mass is 10.1. The maximum Gasteiger partial charge on any atom is 0.0784 e. The fourth-order valence-electron chi connectivity index (χ4n) is 2.00. The van der Waals surface area contributed by atoms with Crippen LogP contribution in [-0.2, 0) is 12.2 Å². The standard InChI is InChI=1S/C18H18S2/c1-3-14-9-11-15(12-10-14)13-20-18(19)17-8-6-5-7-16(17)4-2/h3,5-12H,1,4,13H2,2H3. The number of aryl methyl sites for hydroxylation is 1. The Morgan fingerprint density at radius 3 is 2.50 bits per heavy atom. The Morgan fingerprint density at radius 1 is 1.15 bits per heavy atom. The smallest absolute Gasteiger partial charge is 0.0784 e. The third-order valence-electron chi connectivity index (χ3n) is 3.20. The van der Waals surface area contributed by atoms with Crippen LogP contribution in [0.3, 0.4) is 0 Å². The van der Waals surface area contributed by atoms with Crippen LogP contribution in [0.2, 0.25) is 0 Å². The minimum Gasteiger partial charge on any atom is -0.109 e. The van der Waals surface area contributed by atoms with E-state index in [4.69, 9.17) is 12.2 Å². The second-order valence-corrected chi connectivity index (χ2v) is 6.18. The van der Waals surface area contributed by atoms with Gasteiger partial charge in [0.25, 0.3) is 0 Å². The topological polar surface area (TPSA) is 0 Å². The van der Waals surface area contributed by atoms with Gasteiger partial charge < -0.3 is 0 Å². The molecule has 0 nitrogen and oxygen atoms in total. The molecular weight excluding hydrogens is 280 g/mol. The van der Waals surface area contributed by atoms with Crippen molar-refractivity contribution in [3.8, 4) is 0 Å². The van der Waals surface area contributed by atoms with Crippen molar-refractivity contribution in [2.45, 2.75) is 19.1 Å². The molecule has 0 aliphatic rings. The SMILES string of the molecule is C=Cc1ccc(CSC(=S)c2ccccc2CC)cc1. The third kappa shape index (κ3) is 3.81. The lowest BCUT2D eigenvalue weighted by Gasteiger charge is -2.09. The van der Waals surface area contributed by atoms with Crippen molar-refractivity contribution in [2.75, 3.05) is 0 Å². The summed E-state index contributed by atoms with van der Waals surface area (Å²) in [6.45, 7) is 5.93. The molecule has 2 aromatic carbocycles. The van der Waals surface area contributed by atoms with Crippen molar-refractivity contribution in [3.05, 3.63) is 77.4 Å². The zero-order valence-electron chi connectivity index (χ0n) is 11.6. The van der Waals surface area contributed by atoms with Gasteiger partial charge >= 0.3 is 0 Å². The Morgan fingerprint density at radius 2 is 1.85 bits per heavy atom. The van der Waals surface area contributed by atoms with E-state index in [9.17, 15) is 0 Å². The molecule has 0 saturated heterocycles. The molecule has 0 heterocycles. The first-order valence-electron chi connectivity index (χ1n) is 6.71. The molecule has 2 rings (SSSR count). The Kier molecular flexibility index (Phi) is 5.57. The summed E-state index contributed by atoms with van der Waals surface area (Å²) in [7, 11) is 0. The summed E-state index contributed by atoms with van der Waals surface area (Å²) < 4.78 is 0.982. The van der Waals surface area contributed by atoms with E-state index in [0.717, 1.165) is 21.9 Å². The van der Waals surface area contributed by atoms with Gasteiger partial charge in [-0.25, -0.2) is 0 Å². The summed E-state index contributed by atoms with van der Waals surface area (Å²) in [5.74, 6) is 0.911. The monoisotopic (exact) mass is 298 g/mol. The minimum atomic E-state index is 0.911. The van der Waals surface area contributed by atoms with Crippen molar-refractivity contribution in [2.24, 2.45) is 0 Å². The van der Waals surface area contributed by atoms with Gasteiger partial charge in [0.1, 0.15) is 0 Å².